The summed E-state index contributed by atoms with van der Waals surface area (Å²) in [5.74, 6) is 2.95. The van der Waals surface area contributed by atoms with Crippen molar-refractivity contribution in [3.8, 4) is 0 Å². The van der Waals surface area contributed by atoms with Crippen molar-refractivity contribution in [3.05, 3.63) is 35.1 Å². The first-order chi connectivity index (χ1) is 12.0. The summed E-state index contributed by atoms with van der Waals surface area (Å²) >= 11 is 0. The second kappa shape index (κ2) is 6.13. The van der Waals surface area contributed by atoms with Gasteiger partial charge in [-0.2, -0.15) is 0 Å². The molecule has 2 atom stereocenters. The molecule has 2 saturated heterocycles. The maximum absolute atomic E-state index is 12.7. The highest BCUT2D eigenvalue weighted by Crippen LogP contribution is 2.33. The highest BCUT2D eigenvalue weighted by Gasteiger charge is 2.42. The first-order valence-corrected chi connectivity index (χ1v) is 8.74. The standard InChI is InChI=1S/C18H23N5O2/c1-11-4-17(20-10-19-11)22-6-14-8-23(9-15(14)7-22)18(24)5-16-12(2)21-25-13(16)3/h4,10,14-15H,5-9H2,1-3H3. The third-order valence-electron chi connectivity index (χ3n) is 5.46. The number of carbonyl (C=O) groups excluding carboxylic acids is 1. The van der Waals surface area contributed by atoms with E-state index in [1.165, 1.54) is 0 Å². The highest BCUT2D eigenvalue weighted by atomic mass is 16.5. The van der Waals surface area contributed by atoms with Gasteiger partial charge in [0.2, 0.25) is 5.91 Å². The molecule has 25 heavy (non-hydrogen) atoms. The third kappa shape index (κ3) is 2.99. The van der Waals surface area contributed by atoms with E-state index in [2.05, 4.69) is 20.0 Å². The molecule has 2 fully saturated rings. The van der Waals surface area contributed by atoms with Crippen molar-refractivity contribution < 1.29 is 9.32 Å². The van der Waals surface area contributed by atoms with E-state index in [0.717, 1.165) is 54.7 Å². The van der Waals surface area contributed by atoms with Crippen LogP contribution in [0, 0.1) is 32.6 Å². The number of anilines is 1. The first-order valence-electron chi connectivity index (χ1n) is 8.74. The number of aryl methyl sites for hydroxylation is 3. The molecule has 0 bridgehead atoms. The third-order valence-corrected chi connectivity index (χ3v) is 5.46. The maximum Gasteiger partial charge on any atom is 0.227 e. The Morgan fingerprint density at radius 2 is 1.88 bits per heavy atom. The number of hydrogen-bond acceptors (Lipinski definition) is 6. The molecule has 1 amide bonds. The largest absolute Gasteiger partial charge is 0.361 e. The Balaban J connectivity index is 1.38. The zero-order valence-corrected chi connectivity index (χ0v) is 14.9. The summed E-state index contributed by atoms with van der Waals surface area (Å²) in [5.41, 5.74) is 2.73. The fraction of sp³-hybridized carbons (Fsp3) is 0.556. The van der Waals surface area contributed by atoms with Crippen LogP contribution < -0.4 is 4.90 Å². The van der Waals surface area contributed by atoms with Crippen LogP contribution >= 0.6 is 0 Å². The van der Waals surface area contributed by atoms with Crippen LogP contribution in [0.4, 0.5) is 5.82 Å². The number of aromatic nitrogens is 3. The molecule has 4 heterocycles. The summed E-state index contributed by atoms with van der Waals surface area (Å²) < 4.78 is 5.17. The lowest BCUT2D eigenvalue weighted by atomic mass is 10.0. The Bertz CT molecular complexity index is 769. The second-order valence-electron chi connectivity index (χ2n) is 7.22. The molecule has 0 aliphatic carbocycles. The average molecular weight is 341 g/mol. The van der Waals surface area contributed by atoms with Crippen molar-refractivity contribution in [3.63, 3.8) is 0 Å². The molecular weight excluding hydrogens is 318 g/mol. The molecule has 2 aliphatic rings. The minimum absolute atomic E-state index is 0.174. The predicted molar refractivity (Wildman–Crippen MR) is 92.2 cm³/mol. The number of nitrogens with zero attached hydrogens (tertiary/aromatic N) is 5. The number of amides is 1. The van der Waals surface area contributed by atoms with E-state index in [1.807, 2.05) is 31.7 Å². The van der Waals surface area contributed by atoms with Gasteiger partial charge in [-0.25, -0.2) is 9.97 Å². The monoisotopic (exact) mass is 341 g/mol. The minimum Gasteiger partial charge on any atom is -0.361 e. The summed E-state index contributed by atoms with van der Waals surface area (Å²) in [6.45, 7) is 9.30. The molecule has 2 aliphatic heterocycles. The van der Waals surface area contributed by atoms with Gasteiger partial charge < -0.3 is 14.3 Å². The molecule has 0 spiro atoms. The van der Waals surface area contributed by atoms with Crippen LogP contribution in [0.5, 0.6) is 0 Å². The van der Waals surface area contributed by atoms with E-state index in [0.29, 0.717) is 18.3 Å². The van der Waals surface area contributed by atoms with Gasteiger partial charge in [0, 0.05) is 55.3 Å². The summed E-state index contributed by atoms with van der Waals surface area (Å²) in [4.78, 5) is 25.5. The molecule has 4 rings (SSSR count). The summed E-state index contributed by atoms with van der Waals surface area (Å²) in [5, 5.41) is 3.94. The first kappa shape index (κ1) is 16.1. The number of fused-ring (bicyclic) bond motifs is 1. The average Bonchev–Trinajstić information content (AvgIpc) is 3.23. The highest BCUT2D eigenvalue weighted by molar-refractivity contribution is 5.79. The lowest BCUT2D eigenvalue weighted by molar-refractivity contribution is -0.129. The van der Waals surface area contributed by atoms with E-state index in [-0.39, 0.29) is 5.91 Å². The van der Waals surface area contributed by atoms with Crippen LogP contribution in [0.3, 0.4) is 0 Å². The molecule has 0 radical (unpaired) electrons. The van der Waals surface area contributed by atoms with Gasteiger partial charge in [0.25, 0.3) is 0 Å². The number of hydrogen-bond donors (Lipinski definition) is 0. The van der Waals surface area contributed by atoms with E-state index in [4.69, 9.17) is 4.52 Å². The van der Waals surface area contributed by atoms with Gasteiger partial charge in [0.15, 0.2) is 0 Å². The lowest BCUT2D eigenvalue weighted by Gasteiger charge is -2.22. The van der Waals surface area contributed by atoms with Gasteiger partial charge in [-0.05, 0) is 20.8 Å². The van der Waals surface area contributed by atoms with Crippen LogP contribution in [-0.4, -0.2) is 52.1 Å². The van der Waals surface area contributed by atoms with Crippen molar-refractivity contribution >= 4 is 11.7 Å². The van der Waals surface area contributed by atoms with Gasteiger partial charge >= 0.3 is 0 Å². The molecule has 0 saturated carbocycles. The second-order valence-corrected chi connectivity index (χ2v) is 7.22. The molecule has 132 valence electrons. The normalized spacial score (nSPS) is 22.5. The van der Waals surface area contributed by atoms with E-state index >= 15 is 0 Å². The molecular formula is C18H23N5O2. The summed E-state index contributed by atoms with van der Waals surface area (Å²) in [7, 11) is 0. The smallest absolute Gasteiger partial charge is 0.227 e. The Labute approximate surface area is 147 Å². The van der Waals surface area contributed by atoms with Crippen molar-refractivity contribution in [2.45, 2.75) is 27.2 Å². The molecule has 2 aromatic rings. The van der Waals surface area contributed by atoms with E-state index in [9.17, 15) is 4.79 Å². The molecule has 7 heteroatoms. The zero-order valence-electron chi connectivity index (χ0n) is 14.9. The Morgan fingerprint density at radius 1 is 1.16 bits per heavy atom. The van der Waals surface area contributed by atoms with Crippen LogP contribution in [0.2, 0.25) is 0 Å². The molecule has 2 unspecified atom stereocenters. The van der Waals surface area contributed by atoms with Crippen molar-refractivity contribution in [2.24, 2.45) is 11.8 Å². The van der Waals surface area contributed by atoms with E-state index < -0.39 is 0 Å². The molecule has 0 N–H and O–H groups in total. The fourth-order valence-electron chi connectivity index (χ4n) is 4.01. The van der Waals surface area contributed by atoms with Gasteiger partial charge in [0.1, 0.15) is 17.9 Å². The van der Waals surface area contributed by atoms with Crippen molar-refractivity contribution in [2.75, 3.05) is 31.1 Å². The van der Waals surface area contributed by atoms with Crippen LogP contribution in [0.1, 0.15) is 22.7 Å². The SMILES string of the molecule is Cc1cc(N2CC3CN(C(=O)Cc4c(C)noc4C)CC3C2)ncn1. The molecule has 0 aromatic carbocycles. The van der Waals surface area contributed by atoms with Gasteiger partial charge in [-0.15, -0.1) is 0 Å². The topological polar surface area (TPSA) is 75.4 Å². The van der Waals surface area contributed by atoms with Crippen LogP contribution in [0.25, 0.3) is 0 Å². The van der Waals surface area contributed by atoms with Gasteiger partial charge in [0.05, 0.1) is 12.1 Å². The Morgan fingerprint density at radius 3 is 2.48 bits per heavy atom. The van der Waals surface area contributed by atoms with Crippen LogP contribution in [0.15, 0.2) is 16.9 Å². The minimum atomic E-state index is 0.174. The van der Waals surface area contributed by atoms with Crippen LogP contribution in [-0.2, 0) is 11.2 Å². The summed E-state index contributed by atoms with van der Waals surface area (Å²) in [6.07, 6.45) is 2.01. The number of rotatable bonds is 3. The fourth-order valence-corrected chi connectivity index (χ4v) is 4.01. The van der Waals surface area contributed by atoms with Crippen molar-refractivity contribution in [1.82, 2.24) is 20.0 Å². The van der Waals surface area contributed by atoms with Gasteiger partial charge in [-0.1, -0.05) is 5.16 Å². The Kier molecular flexibility index (Phi) is 3.94. The van der Waals surface area contributed by atoms with Gasteiger partial charge in [-0.3, -0.25) is 4.79 Å². The number of likely N-dealkylation sites (tertiary alicyclic amines) is 1. The van der Waals surface area contributed by atoms with Crippen molar-refractivity contribution in [1.29, 1.82) is 0 Å². The maximum atomic E-state index is 12.7. The molecule has 7 nitrogen and oxygen atoms in total. The van der Waals surface area contributed by atoms with E-state index in [1.54, 1.807) is 6.33 Å². The quantitative estimate of drug-likeness (QED) is 0.843. The number of carbonyl (C=O) groups is 1. The Hall–Kier alpha value is -2.44. The molecule has 2 aromatic heterocycles. The lowest BCUT2D eigenvalue weighted by Crippen LogP contribution is -2.34. The predicted octanol–water partition coefficient (Wildman–Crippen LogP) is 1.53. The summed E-state index contributed by atoms with van der Waals surface area (Å²) in [6, 6.07) is 2.03. The zero-order chi connectivity index (χ0) is 17.6.